The number of carbonyl (C=O) groups excluding carboxylic acids is 3. The van der Waals surface area contributed by atoms with Crippen LogP contribution in [0.1, 0.15) is 65.7 Å². The molecular weight excluding hydrogens is 747 g/mol. The van der Waals surface area contributed by atoms with Crippen LogP contribution in [0.5, 0.6) is 5.75 Å². The molecule has 7 atom stereocenters. The van der Waals surface area contributed by atoms with Crippen LogP contribution in [0, 0.1) is 17.8 Å². The molecule has 2 aliphatic heterocycles. The van der Waals surface area contributed by atoms with E-state index in [4.69, 9.17) is 9.72 Å². The maximum atomic E-state index is 14.5. The van der Waals surface area contributed by atoms with Crippen molar-refractivity contribution in [3.05, 3.63) is 60.4 Å². The van der Waals surface area contributed by atoms with Crippen LogP contribution < -0.4 is 20.1 Å². The van der Waals surface area contributed by atoms with E-state index < -0.39 is 74.1 Å². The van der Waals surface area contributed by atoms with E-state index in [0.29, 0.717) is 47.8 Å². The molecule has 0 aromatic carbocycles. The van der Waals surface area contributed by atoms with Crippen molar-refractivity contribution in [2.45, 2.75) is 94.2 Å². The number of ether oxygens (including phenoxy) is 1. The molecule has 292 valence electrons. The van der Waals surface area contributed by atoms with E-state index in [-0.39, 0.29) is 25.3 Å². The van der Waals surface area contributed by atoms with Crippen LogP contribution in [-0.2, 0) is 24.4 Å². The molecule has 4 amide bonds. The van der Waals surface area contributed by atoms with Crippen molar-refractivity contribution in [3.8, 4) is 27.7 Å². The lowest BCUT2D eigenvalue weighted by Crippen LogP contribution is -2.59. The first-order valence-corrected chi connectivity index (χ1v) is 20.9. The summed E-state index contributed by atoms with van der Waals surface area (Å²) in [6.45, 7) is 5.36. The van der Waals surface area contributed by atoms with Gasteiger partial charge < -0.3 is 25.4 Å². The molecule has 0 radical (unpaired) electrons. The zero-order valence-corrected chi connectivity index (χ0v) is 32.4. The SMILES string of the molecule is C[C@@H]1CC/C=C\[C@@H]2C[C@@]2(C(=O)NS(=O)(=O)C2(C)CC2)NC(=O)[C@@H]2C[C@@H](Oc3cc(-c4cccnc4)nc(-c4nccs4)c3)CN2C(=O)[C@@H](NC(=O)O)[C@H](C)C1. The number of nitrogens with zero attached hydrogens (tertiary/aromatic N) is 4. The number of carbonyl (C=O) groups is 4. The molecular formula is C38H45N7O8S2. The minimum atomic E-state index is -4.01. The van der Waals surface area contributed by atoms with Crippen LogP contribution in [0.2, 0.25) is 0 Å². The largest absolute Gasteiger partial charge is 0.488 e. The quantitative estimate of drug-likeness (QED) is 0.238. The Balaban J connectivity index is 1.22. The predicted octanol–water partition coefficient (Wildman–Crippen LogP) is 4.14. The van der Waals surface area contributed by atoms with Gasteiger partial charge in [-0.05, 0) is 69.4 Å². The summed E-state index contributed by atoms with van der Waals surface area (Å²) < 4.78 is 34.0. The zero-order valence-electron chi connectivity index (χ0n) is 30.8. The Hall–Kier alpha value is -4.90. The zero-order chi connectivity index (χ0) is 39.1. The molecule has 3 fully saturated rings. The van der Waals surface area contributed by atoms with Crippen LogP contribution in [0.4, 0.5) is 4.79 Å². The first-order valence-electron chi connectivity index (χ1n) is 18.5. The summed E-state index contributed by atoms with van der Waals surface area (Å²) in [4.78, 5) is 69.6. The minimum absolute atomic E-state index is 0.00779. The third-order valence-electron chi connectivity index (χ3n) is 11.2. The summed E-state index contributed by atoms with van der Waals surface area (Å²) in [5.74, 6) is -2.44. The Bertz CT molecular complexity index is 2090. The molecule has 3 aromatic rings. The van der Waals surface area contributed by atoms with Gasteiger partial charge in [0.1, 0.15) is 40.2 Å². The van der Waals surface area contributed by atoms with Gasteiger partial charge in [-0.15, -0.1) is 11.3 Å². The smallest absolute Gasteiger partial charge is 0.405 e. The fourth-order valence-corrected chi connectivity index (χ4v) is 9.53. The Kier molecular flexibility index (Phi) is 10.4. The number of carboxylic acid groups (broad SMARTS) is 1. The lowest BCUT2D eigenvalue weighted by molar-refractivity contribution is -0.142. The van der Waals surface area contributed by atoms with Crippen molar-refractivity contribution in [2.75, 3.05) is 6.54 Å². The van der Waals surface area contributed by atoms with Gasteiger partial charge in [0.05, 0.1) is 17.0 Å². The third-order valence-corrected chi connectivity index (χ3v) is 14.2. The average molecular weight is 792 g/mol. The summed E-state index contributed by atoms with van der Waals surface area (Å²) in [5, 5.41) is 17.6. The molecule has 0 bridgehead atoms. The van der Waals surface area contributed by atoms with Gasteiger partial charge >= 0.3 is 6.09 Å². The second-order valence-corrected chi connectivity index (χ2v) is 18.6. The molecule has 0 unspecified atom stereocenters. The topological polar surface area (TPSA) is 210 Å². The summed E-state index contributed by atoms with van der Waals surface area (Å²) in [5.41, 5.74) is 0.308. The molecule has 15 nitrogen and oxygen atoms in total. The van der Waals surface area contributed by atoms with E-state index in [1.165, 1.54) is 16.2 Å². The molecule has 7 rings (SSSR count). The molecule has 17 heteroatoms. The van der Waals surface area contributed by atoms with Crippen LogP contribution in [0.15, 0.2) is 60.4 Å². The van der Waals surface area contributed by atoms with Gasteiger partial charge in [0, 0.05) is 54.0 Å². The Morgan fingerprint density at radius 1 is 1.13 bits per heavy atom. The number of hydrogen-bond donors (Lipinski definition) is 4. The molecule has 0 spiro atoms. The number of allylic oxidation sites excluding steroid dienone is 1. The lowest BCUT2D eigenvalue weighted by Gasteiger charge is -2.32. The monoisotopic (exact) mass is 791 g/mol. The second-order valence-electron chi connectivity index (χ2n) is 15.5. The molecule has 3 aromatic heterocycles. The van der Waals surface area contributed by atoms with Crippen molar-refractivity contribution < 1.29 is 37.4 Å². The number of thiazole rings is 1. The van der Waals surface area contributed by atoms with Crippen LogP contribution in [-0.4, -0.2) is 92.2 Å². The first kappa shape index (κ1) is 38.4. The van der Waals surface area contributed by atoms with Gasteiger partial charge in [-0.1, -0.05) is 26.0 Å². The molecule has 4 aliphatic rings. The van der Waals surface area contributed by atoms with Crippen molar-refractivity contribution in [1.29, 1.82) is 0 Å². The highest BCUT2D eigenvalue weighted by Crippen LogP contribution is 2.47. The molecule has 55 heavy (non-hydrogen) atoms. The molecule has 4 N–H and O–H groups in total. The fourth-order valence-electron chi connectivity index (χ4n) is 7.62. The van der Waals surface area contributed by atoms with E-state index in [1.807, 2.05) is 37.4 Å². The minimum Gasteiger partial charge on any atom is -0.488 e. The van der Waals surface area contributed by atoms with Gasteiger partial charge in [0.25, 0.3) is 5.91 Å². The highest BCUT2D eigenvalue weighted by atomic mass is 32.2. The molecule has 2 saturated carbocycles. The van der Waals surface area contributed by atoms with Gasteiger partial charge in [0.2, 0.25) is 21.8 Å². The normalized spacial score (nSPS) is 29.7. The van der Waals surface area contributed by atoms with Crippen LogP contribution >= 0.6 is 11.3 Å². The number of hydrogen-bond acceptors (Lipinski definition) is 11. The number of rotatable bonds is 8. The number of aromatic nitrogens is 3. The molecule has 2 aliphatic carbocycles. The van der Waals surface area contributed by atoms with Gasteiger partial charge in [-0.25, -0.2) is 23.2 Å². The van der Waals surface area contributed by atoms with Crippen LogP contribution in [0.3, 0.4) is 0 Å². The van der Waals surface area contributed by atoms with Crippen LogP contribution in [0.25, 0.3) is 22.0 Å². The van der Waals surface area contributed by atoms with Crippen molar-refractivity contribution in [1.82, 2.24) is 35.2 Å². The fraction of sp³-hybridized carbons (Fsp3) is 0.500. The number of pyridine rings is 2. The Morgan fingerprint density at radius 2 is 1.91 bits per heavy atom. The highest BCUT2D eigenvalue weighted by molar-refractivity contribution is 7.91. The van der Waals surface area contributed by atoms with E-state index in [9.17, 15) is 32.7 Å². The maximum Gasteiger partial charge on any atom is 0.405 e. The van der Waals surface area contributed by atoms with Crippen molar-refractivity contribution in [2.24, 2.45) is 17.8 Å². The maximum absolute atomic E-state index is 14.5. The number of amides is 4. The van der Waals surface area contributed by atoms with Gasteiger partial charge in [-0.2, -0.15) is 0 Å². The van der Waals surface area contributed by atoms with E-state index >= 15 is 0 Å². The summed E-state index contributed by atoms with van der Waals surface area (Å²) >= 11 is 1.40. The predicted molar refractivity (Wildman–Crippen MR) is 203 cm³/mol. The Labute approximate surface area is 323 Å². The van der Waals surface area contributed by atoms with Crippen molar-refractivity contribution in [3.63, 3.8) is 0 Å². The number of sulfonamides is 1. The third kappa shape index (κ3) is 8.08. The summed E-state index contributed by atoms with van der Waals surface area (Å²) in [7, 11) is -4.01. The summed E-state index contributed by atoms with van der Waals surface area (Å²) in [6.07, 6.45) is 9.62. The second kappa shape index (κ2) is 15.0. The van der Waals surface area contributed by atoms with E-state index in [2.05, 4.69) is 25.3 Å². The van der Waals surface area contributed by atoms with Crippen molar-refractivity contribution >= 4 is 45.2 Å². The summed E-state index contributed by atoms with van der Waals surface area (Å²) in [6, 6.07) is 4.79. The standard InChI is InChI=1S/C38H45N7O8S2/c1-22-7-4-5-9-25-19-38(25,35(48)44-55(51,52)37(3)10-11-37)43-32(46)30-18-27(21-45(30)34(47)31(23(2)15-22)42-36(49)50)53-26-16-28(24-8-6-12-39-20-24)41-29(17-26)33-40-13-14-54-33/h5-6,8-9,12-14,16-17,20,22-23,25,27,30-31,42H,4,7,10-11,15,18-19,21H2,1-3H3,(H,43,46)(H,44,48)(H,49,50)/b9-5-/t22-,23-,25-,27-,30+,31+,38-/m1/s1. The number of fused-ring (bicyclic) bond motifs is 2. The molecule has 5 heterocycles. The highest BCUT2D eigenvalue weighted by Gasteiger charge is 2.63. The molecule has 1 saturated heterocycles. The lowest BCUT2D eigenvalue weighted by atomic mass is 9.88. The Morgan fingerprint density at radius 3 is 2.60 bits per heavy atom. The van der Waals surface area contributed by atoms with Gasteiger partial charge in [0.15, 0.2) is 0 Å². The number of nitrogens with one attached hydrogen (secondary N) is 3. The van der Waals surface area contributed by atoms with E-state index in [0.717, 1.165) is 12.0 Å². The average Bonchev–Trinajstić information content (AvgIpc) is 3.90. The first-order chi connectivity index (χ1) is 26.2. The van der Waals surface area contributed by atoms with Gasteiger partial charge in [-0.3, -0.25) is 24.1 Å². The van der Waals surface area contributed by atoms with E-state index in [1.54, 1.807) is 43.7 Å².